The maximum Gasteiger partial charge on any atom is 0.169 e. The van der Waals surface area contributed by atoms with Gasteiger partial charge in [-0.15, -0.1) is 10.2 Å². The minimum Gasteiger partial charge on any atom is -0.265 e. The molecular formula is C13H7ClN4. The summed E-state index contributed by atoms with van der Waals surface area (Å²) in [6.07, 6.45) is 0. The first-order chi connectivity index (χ1) is 8.79. The Morgan fingerprint density at radius 1 is 1.06 bits per heavy atom. The molecule has 3 rings (SSSR count). The van der Waals surface area contributed by atoms with Crippen molar-refractivity contribution in [2.75, 3.05) is 0 Å². The van der Waals surface area contributed by atoms with Gasteiger partial charge in [0.1, 0.15) is 5.15 Å². The molecule has 1 aromatic carbocycles. The molecular weight excluding hydrogens is 248 g/mol. The first kappa shape index (κ1) is 10.8. The molecule has 18 heavy (non-hydrogen) atoms. The maximum atomic E-state index is 8.77. The van der Waals surface area contributed by atoms with Gasteiger partial charge in [-0.05, 0) is 36.4 Å². The summed E-state index contributed by atoms with van der Waals surface area (Å²) in [4.78, 5) is 0. The molecule has 2 aromatic heterocycles. The minimum atomic E-state index is 0.553. The second kappa shape index (κ2) is 4.13. The largest absolute Gasteiger partial charge is 0.265 e. The Bertz CT molecular complexity index is 753. The summed E-state index contributed by atoms with van der Waals surface area (Å²) in [5, 5.41) is 17.5. The monoisotopic (exact) mass is 254 g/mol. The van der Waals surface area contributed by atoms with Gasteiger partial charge in [-0.2, -0.15) is 5.26 Å². The van der Waals surface area contributed by atoms with Crippen LogP contribution in [0.15, 0.2) is 42.5 Å². The van der Waals surface area contributed by atoms with Crippen molar-refractivity contribution in [1.29, 1.82) is 5.26 Å². The van der Waals surface area contributed by atoms with Gasteiger partial charge in [-0.3, -0.25) is 4.40 Å². The van der Waals surface area contributed by atoms with Gasteiger partial charge in [-0.25, -0.2) is 0 Å². The highest BCUT2D eigenvalue weighted by molar-refractivity contribution is 6.29. The molecule has 0 radical (unpaired) electrons. The fraction of sp³-hybridized carbons (Fsp3) is 0. The Kier molecular flexibility index (Phi) is 2.47. The van der Waals surface area contributed by atoms with Gasteiger partial charge in [0, 0.05) is 5.56 Å². The second-order valence-corrected chi connectivity index (χ2v) is 4.14. The van der Waals surface area contributed by atoms with Crippen LogP contribution in [0.5, 0.6) is 0 Å². The third-order valence-electron chi connectivity index (χ3n) is 2.65. The summed E-state index contributed by atoms with van der Waals surface area (Å²) in [7, 11) is 0. The molecule has 0 N–H and O–H groups in total. The number of nitriles is 1. The highest BCUT2D eigenvalue weighted by Gasteiger charge is 2.09. The standard InChI is InChI=1S/C13H7ClN4/c14-11-2-1-3-12-16-17-13(18(11)12)10-6-4-9(8-15)5-7-10/h1-7H. The molecule has 0 unspecified atom stereocenters. The van der Waals surface area contributed by atoms with E-state index in [1.165, 1.54) is 0 Å². The molecule has 0 aliphatic carbocycles. The highest BCUT2D eigenvalue weighted by atomic mass is 35.5. The van der Waals surface area contributed by atoms with E-state index in [9.17, 15) is 0 Å². The predicted molar refractivity (Wildman–Crippen MR) is 68.1 cm³/mol. The van der Waals surface area contributed by atoms with Crippen molar-refractivity contribution in [2.45, 2.75) is 0 Å². The number of benzene rings is 1. The molecule has 0 aliphatic rings. The van der Waals surface area contributed by atoms with Crippen LogP contribution in [0.2, 0.25) is 5.15 Å². The molecule has 0 atom stereocenters. The normalized spacial score (nSPS) is 10.4. The number of fused-ring (bicyclic) bond motifs is 1. The molecule has 0 spiro atoms. The summed E-state index contributed by atoms with van der Waals surface area (Å²) in [6.45, 7) is 0. The lowest BCUT2D eigenvalue weighted by atomic mass is 10.1. The van der Waals surface area contributed by atoms with Crippen molar-refractivity contribution in [1.82, 2.24) is 14.6 Å². The van der Waals surface area contributed by atoms with Crippen LogP contribution in [0.25, 0.3) is 17.0 Å². The zero-order valence-corrected chi connectivity index (χ0v) is 9.96. The third-order valence-corrected chi connectivity index (χ3v) is 2.95. The number of aromatic nitrogens is 3. The summed E-state index contributed by atoms with van der Waals surface area (Å²) >= 11 is 6.14. The van der Waals surface area contributed by atoms with Gasteiger partial charge in [0.05, 0.1) is 11.6 Å². The molecule has 0 saturated heterocycles. The van der Waals surface area contributed by atoms with Gasteiger partial charge in [0.15, 0.2) is 11.5 Å². The Morgan fingerprint density at radius 3 is 2.56 bits per heavy atom. The molecule has 0 aliphatic heterocycles. The Hall–Kier alpha value is -2.38. The molecule has 0 fully saturated rings. The van der Waals surface area contributed by atoms with Crippen molar-refractivity contribution in [3.05, 3.63) is 53.2 Å². The molecule has 0 saturated carbocycles. The van der Waals surface area contributed by atoms with Crippen LogP contribution >= 0.6 is 11.6 Å². The predicted octanol–water partition coefficient (Wildman–Crippen LogP) is 2.92. The van der Waals surface area contributed by atoms with Crippen molar-refractivity contribution >= 4 is 17.2 Å². The van der Waals surface area contributed by atoms with E-state index in [-0.39, 0.29) is 0 Å². The lowest BCUT2D eigenvalue weighted by Gasteiger charge is -2.01. The summed E-state index contributed by atoms with van der Waals surface area (Å²) in [5.74, 6) is 0.667. The van der Waals surface area contributed by atoms with Crippen LogP contribution < -0.4 is 0 Å². The molecule has 3 aromatic rings. The average molecular weight is 255 g/mol. The minimum absolute atomic E-state index is 0.553. The molecule has 2 heterocycles. The number of pyridine rings is 1. The summed E-state index contributed by atoms with van der Waals surface area (Å²) in [6, 6.07) is 14.7. The van der Waals surface area contributed by atoms with E-state index in [0.717, 1.165) is 5.56 Å². The quantitative estimate of drug-likeness (QED) is 0.628. The lowest BCUT2D eigenvalue weighted by molar-refractivity contribution is 1.11. The summed E-state index contributed by atoms with van der Waals surface area (Å²) < 4.78 is 1.77. The zero-order chi connectivity index (χ0) is 12.5. The number of rotatable bonds is 1. The van der Waals surface area contributed by atoms with E-state index in [1.54, 1.807) is 22.6 Å². The first-order valence-electron chi connectivity index (χ1n) is 5.30. The molecule has 86 valence electrons. The Morgan fingerprint density at radius 2 is 1.83 bits per heavy atom. The number of hydrogen-bond donors (Lipinski definition) is 0. The topological polar surface area (TPSA) is 54.0 Å². The van der Waals surface area contributed by atoms with Crippen LogP contribution in [-0.2, 0) is 0 Å². The van der Waals surface area contributed by atoms with Gasteiger partial charge in [0.2, 0.25) is 0 Å². The Labute approximate surface area is 108 Å². The van der Waals surface area contributed by atoms with Crippen molar-refractivity contribution in [2.24, 2.45) is 0 Å². The zero-order valence-electron chi connectivity index (χ0n) is 9.21. The van der Waals surface area contributed by atoms with Crippen LogP contribution in [0.3, 0.4) is 0 Å². The highest BCUT2D eigenvalue weighted by Crippen LogP contribution is 2.22. The van der Waals surface area contributed by atoms with E-state index < -0.39 is 0 Å². The van der Waals surface area contributed by atoms with E-state index >= 15 is 0 Å². The van der Waals surface area contributed by atoms with Gasteiger partial charge < -0.3 is 0 Å². The lowest BCUT2D eigenvalue weighted by Crippen LogP contribution is -1.91. The van der Waals surface area contributed by atoms with Crippen LogP contribution in [0.4, 0.5) is 0 Å². The Balaban J connectivity index is 2.22. The van der Waals surface area contributed by atoms with E-state index in [1.807, 2.05) is 24.3 Å². The van der Waals surface area contributed by atoms with Crippen LogP contribution in [0.1, 0.15) is 5.56 Å². The number of halogens is 1. The number of nitrogens with zero attached hydrogens (tertiary/aromatic N) is 4. The number of hydrogen-bond acceptors (Lipinski definition) is 3. The van der Waals surface area contributed by atoms with Crippen molar-refractivity contribution in [3.8, 4) is 17.5 Å². The fourth-order valence-corrected chi connectivity index (χ4v) is 2.02. The van der Waals surface area contributed by atoms with Gasteiger partial charge in [-0.1, -0.05) is 17.7 Å². The van der Waals surface area contributed by atoms with Crippen LogP contribution in [0, 0.1) is 11.3 Å². The second-order valence-electron chi connectivity index (χ2n) is 3.75. The van der Waals surface area contributed by atoms with E-state index in [0.29, 0.717) is 22.2 Å². The fourth-order valence-electron chi connectivity index (χ4n) is 1.78. The van der Waals surface area contributed by atoms with Gasteiger partial charge in [0.25, 0.3) is 0 Å². The molecule has 4 nitrogen and oxygen atoms in total. The average Bonchev–Trinajstić information content (AvgIpc) is 2.84. The first-order valence-corrected chi connectivity index (χ1v) is 5.67. The van der Waals surface area contributed by atoms with Crippen molar-refractivity contribution in [3.63, 3.8) is 0 Å². The van der Waals surface area contributed by atoms with E-state index in [4.69, 9.17) is 16.9 Å². The molecule has 0 amide bonds. The third kappa shape index (κ3) is 1.62. The smallest absolute Gasteiger partial charge is 0.169 e. The molecule has 5 heteroatoms. The molecule has 0 bridgehead atoms. The summed E-state index contributed by atoms with van der Waals surface area (Å²) in [5.41, 5.74) is 2.18. The van der Waals surface area contributed by atoms with Crippen molar-refractivity contribution < 1.29 is 0 Å². The van der Waals surface area contributed by atoms with Gasteiger partial charge >= 0.3 is 0 Å². The SMILES string of the molecule is N#Cc1ccc(-c2nnc3cccc(Cl)n23)cc1. The maximum absolute atomic E-state index is 8.77. The van der Waals surface area contributed by atoms with Crippen LogP contribution in [-0.4, -0.2) is 14.6 Å². The van der Waals surface area contributed by atoms with E-state index in [2.05, 4.69) is 16.3 Å².